The van der Waals surface area contributed by atoms with Gasteiger partial charge in [0.05, 0.1) is 18.3 Å². The summed E-state index contributed by atoms with van der Waals surface area (Å²) < 4.78 is 1.80. The minimum atomic E-state index is -1.00. The van der Waals surface area contributed by atoms with E-state index in [1.165, 1.54) is 6.07 Å². The zero-order valence-corrected chi connectivity index (χ0v) is 11.2. The lowest BCUT2D eigenvalue weighted by atomic mass is 10.2. The van der Waals surface area contributed by atoms with Crippen molar-refractivity contribution in [3.05, 3.63) is 46.7 Å². The van der Waals surface area contributed by atoms with Crippen molar-refractivity contribution in [1.29, 1.82) is 0 Å². The maximum Gasteiger partial charge on any atom is 0.337 e. The van der Waals surface area contributed by atoms with Gasteiger partial charge in [0.15, 0.2) is 0 Å². The fourth-order valence-electron chi connectivity index (χ4n) is 1.74. The number of aromatic carboxylic acids is 1. The number of aryl methyl sites for hydroxylation is 1. The summed E-state index contributed by atoms with van der Waals surface area (Å²) in [5.74, 6) is -1.00. The summed E-state index contributed by atoms with van der Waals surface area (Å²) in [6.45, 7) is 3.22. The number of hydrogen-bond acceptors (Lipinski definition) is 3. The van der Waals surface area contributed by atoms with Gasteiger partial charge in [-0.15, -0.1) is 0 Å². The number of rotatable bonds is 5. The lowest BCUT2D eigenvalue weighted by Gasteiger charge is -2.10. The van der Waals surface area contributed by atoms with Crippen molar-refractivity contribution in [1.82, 2.24) is 9.78 Å². The standard InChI is InChI=1S/C13H14ClN3O2/c1-9-7-16-17(8-9)5-4-15-12-3-2-10(14)6-11(12)13(18)19/h2-3,6-8,15H,4-5H2,1H3,(H,18,19). The number of hydrogen-bond donors (Lipinski definition) is 2. The molecule has 0 atom stereocenters. The van der Waals surface area contributed by atoms with Crippen molar-refractivity contribution in [2.45, 2.75) is 13.5 Å². The van der Waals surface area contributed by atoms with Crippen molar-refractivity contribution in [2.24, 2.45) is 0 Å². The third-order valence-electron chi connectivity index (χ3n) is 2.63. The molecule has 0 saturated heterocycles. The molecular weight excluding hydrogens is 266 g/mol. The van der Waals surface area contributed by atoms with Crippen LogP contribution in [0.4, 0.5) is 5.69 Å². The molecule has 0 aliphatic heterocycles. The molecule has 0 aliphatic rings. The van der Waals surface area contributed by atoms with E-state index in [-0.39, 0.29) is 5.56 Å². The number of anilines is 1. The quantitative estimate of drug-likeness (QED) is 0.883. The second kappa shape index (κ2) is 5.75. The largest absolute Gasteiger partial charge is 0.478 e. The lowest BCUT2D eigenvalue weighted by Crippen LogP contribution is -2.13. The molecule has 0 unspecified atom stereocenters. The number of carbonyl (C=O) groups is 1. The van der Waals surface area contributed by atoms with Crippen LogP contribution in [0.3, 0.4) is 0 Å². The molecule has 0 fully saturated rings. The number of nitrogens with one attached hydrogen (secondary N) is 1. The minimum Gasteiger partial charge on any atom is -0.478 e. The van der Waals surface area contributed by atoms with E-state index in [2.05, 4.69) is 10.4 Å². The highest BCUT2D eigenvalue weighted by atomic mass is 35.5. The van der Waals surface area contributed by atoms with Gasteiger partial charge in [-0.3, -0.25) is 4.68 Å². The Balaban J connectivity index is 2.01. The average molecular weight is 280 g/mol. The number of carboxylic acids is 1. The highest BCUT2D eigenvalue weighted by Crippen LogP contribution is 2.20. The summed E-state index contributed by atoms with van der Waals surface area (Å²) in [6.07, 6.45) is 3.71. The summed E-state index contributed by atoms with van der Waals surface area (Å²) in [6, 6.07) is 4.76. The highest BCUT2D eigenvalue weighted by Gasteiger charge is 2.10. The first-order valence-corrected chi connectivity index (χ1v) is 6.20. The van der Waals surface area contributed by atoms with Crippen LogP contribution in [0, 0.1) is 6.92 Å². The predicted molar refractivity (Wildman–Crippen MR) is 73.9 cm³/mol. The van der Waals surface area contributed by atoms with E-state index in [9.17, 15) is 4.79 Å². The molecule has 2 aromatic rings. The van der Waals surface area contributed by atoms with Gasteiger partial charge in [0.2, 0.25) is 0 Å². The zero-order valence-electron chi connectivity index (χ0n) is 10.4. The van der Waals surface area contributed by atoms with Crippen LogP contribution >= 0.6 is 11.6 Å². The first-order valence-electron chi connectivity index (χ1n) is 5.82. The maximum absolute atomic E-state index is 11.1. The molecule has 1 aromatic heterocycles. The Morgan fingerprint density at radius 2 is 2.32 bits per heavy atom. The Morgan fingerprint density at radius 1 is 1.53 bits per heavy atom. The number of benzene rings is 1. The Labute approximate surface area is 115 Å². The second-order valence-corrected chi connectivity index (χ2v) is 4.64. The molecule has 1 heterocycles. The van der Waals surface area contributed by atoms with Crippen LogP contribution in [0.25, 0.3) is 0 Å². The van der Waals surface area contributed by atoms with Gasteiger partial charge in [-0.1, -0.05) is 11.6 Å². The smallest absolute Gasteiger partial charge is 0.337 e. The van der Waals surface area contributed by atoms with Gasteiger partial charge >= 0.3 is 5.97 Å². The fourth-order valence-corrected chi connectivity index (χ4v) is 1.91. The van der Waals surface area contributed by atoms with Crippen molar-refractivity contribution < 1.29 is 9.90 Å². The minimum absolute atomic E-state index is 0.171. The molecule has 19 heavy (non-hydrogen) atoms. The monoisotopic (exact) mass is 279 g/mol. The van der Waals surface area contributed by atoms with Crippen molar-refractivity contribution >= 4 is 23.3 Å². The molecule has 2 N–H and O–H groups in total. The van der Waals surface area contributed by atoms with E-state index in [4.69, 9.17) is 16.7 Å². The van der Waals surface area contributed by atoms with Crippen LogP contribution in [0.1, 0.15) is 15.9 Å². The zero-order chi connectivity index (χ0) is 13.8. The SMILES string of the molecule is Cc1cnn(CCNc2ccc(Cl)cc2C(=O)O)c1. The van der Waals surface area contributed by atoms with Gasteiger partial charge in [0.25, 0.3) is 0 Å². The lowest BCUT2D eigenvalue weighted by molar-refractivity contribution is 0.0698. The van der Waals surface area contributed by atoms with Gasteiger partial charge in [-0.25, -0.2) is 4.79 Å². The van der Waals surface area contributed by atoms with Crippen molar-refractivity contribution in [3.63, 3.8) is 0 Å². The Kier molecular flexibility index (Phi) is 4.06. The normalized spacial score (nSPS) is 10.4. The topological polar surface area (TPSA) is 67.2 Å². The molecule has 2 rings (SSSR count). The van der Waals surface area contributed by atoms with Crippen LogP contribution in [0.15, 0.2) is 30.6 Å². The van der Waals surface area contributed by atoms with Crippen molar-refractivity contribution in [3.8, 4) is 0 Å². The summed E-state index contributed by atoms with van der Waals surface area (Å²) >= 11 is 5.79. The van der Waals surface area contributed by atoms with Crippen LogP contribution in [0.5, 0.6) is 0 Å². The van der Waals surface area contributed by atoms with Crippen LogP contribution < -0.4 is 5.32 Å². The van der Waals surface area contributed by atoms with E-state index in [0.717, 1.165) is 5.56 Å². The second-order valence-electron chi connectivity index (χ2n) is 4.20. The van der Waals surface area contributed by atoms with Gasteiger partial charge in [-0.2, -0.15) is 5.10 Å². The molecule has 0 bridgehead atoms. The number of carboxylic acid groups (broad SMARTS) is 1. The molecule has 5 nitrogen and oxygen atoms in total. The van der Waals surface area contributed by atoms with Gasteiger partial charge < -0.3 is 10.4 Å². The summed E-state index contributed by atoms with van der Waals surface area (Å²) in [7, 11) is 0. The van der Waals surface area contributed by atoms with Gasteiger partial charge in [0, 0.05) is 23.5 Å². The van der Waals surface area contributed by atoms with E-state index < -0.39 is 5.97 Å². The van der Waals surface area contributed by atoms with E-state index in [1.807, 2.05) is 13.1 Å². The molecule has 100 valence electrons. The molecule has 0 radical (unpaired) electrons. The van der Waals surface area contributed by atoms with E-state index >= 15 is 0 Å². The summed E-state index contributed by atoms with van der Waals surface area (Å²) in [4.78, 5) is 11.1. The number of aromatic nitrogens is 2. The van der Waals surface area contributed by atoms with E-state index in [1.54, 1.807) is 23.0 Å². The molecule has 0 amide bonds. The van der Waals surface area contributed by atoms with Crippen LogP contribution in [0.2, 0.25) is 5.02 Å². The number of halogens is 1. The van der Waals surface area contributed by atoms with Crippen LogP contribution in [-0.4, -0.2) is 27.4 Å². The first kappa shape index (κ1) is 13.4. The predicted octanol–water partition coefficient (Wildman–Crippen LogP) is 2.66. The summed E-state index contributed by atoms with van der Waals surface area (Å²) in [5.41, 5.74) is 1.82. The van der Waals surface area contributed by atoms with E-state index in [0.29, 0.717) is 23.8 Å². The fraction of sp³-hybridized carbons (Fsp3) is 0.231. The Bertz CT molecular complexity index is 595. The third-order valence-corrected chi connectivity index (χ3v) is 2.87. The highest BCUT2D eigenvalue weighted by molar-refractivity contribution is 6.31. The molecule has 1 aromatic carbocycles. The maximum atomic E-state index is 11.1. The Hall–Kier alpha value is -2.01. The molecule has 0 aliphatic carbocycles. The first-order chi connectivity index (χ1) is 9.06. The molecule has 0 saturated carbocycles. The molecule has 6 heteroatoms. The molecule has 0 spiro atoms. The van der Waals surface area contributed by atoms with Crippen LogP contribution in [-0.2, 0) is 6.54 Å². The van der Waals surface area contributed by atoms with Crippen molar-refractivity contribution in [2.75, 3.05) is 11.9 Å². The third kappa shape index (κ3) is 3.48. The molecular formula is C13H14ClN3O2. The summed E-state index contributed by atoms with van der Waals surface area (Å²) in [5, 5.41) is 16.7. The average Bonchev–Trinajstić information content (AvgIpc) is 2.77. The van der Waals surface area contributed by atoms with Gasteiger partial charge in [-0.05, 0) is 30.7 Å². The van der Waals surface area contributed by atoms with Gasteiger partial charge in [0.1, 0.15) is 0 Å². The number of nitrogens with zero attached hydrogens (tertiary/aromatic N) is 2. The Morgan fingerprint density at radius 3 is 2.95 bits per heavy atom.